The van der Waals surface area contributed by atoms with Crippen LogP contribution in [0, 0.1) is 0 Å². The summed E-state index contributed by atoms with van der Waals surface area (Å²) in [4.78, 5) is 13.5. The first-order valence-electron chi connectivity index (χ1n) is 11.7. The zero-order valence-corrected chi connectivity index (χ0v) is 21.9. The van der Waals surface area contributed by atoms with Crippen molar-refractivity contribution in [3.05, 3.63) is 65.3 Å². The smallest absolute Gasteiger partial charge is 0.277 e. The maximum Gasteiger partial charge on any atom is 0.277 e. The first kappa shape index (κ1) is 26.1. The Labute approximate surface area is 217 Å². The maximum absolute atomic E-state index is 11.7. The molecule has 1 saturated heterocycles. The van der Waals surface area contributed by atoms with Gasteiger partial charge >= 0.3 is 0 Å². The van der Waals surface area contributed by atoms with Crippen LogP contribution in [-0.2, 0) is 16.8 Å². The van der Waals surface area contributed by atoms with Crippen molar-refractivity contribution in [1.29, 1.82) is 0 Å². The molecule has 0 bridgehead atoms. The topological polar surface area (TPSA) is 115 Å². The highest BCUT2D eigenvalue weighted by Crippen LogP contribution is 2.26. The molecule has 36 heavy (non-hydrogen) atoms. The van der Waals surface area contributed by atoms with E-state index in [4.69, 9.17) is 11.6 Å². The fourth-order valence-corrected chi connectivity index (χ4v) is 4.70. The lowest BCUT2D eigenvalue weighted by molar-refractivity contribution is 0.313. The Bertz CT molecular complexity index is 1250. The van der Waals surface area contributed by atoms with E-state index >= 15 is 0 Å². The molecule has 1 aliphatic heterocycles. The summed E-state index contributed by atoms with van der Waals surface area (Å²) >= 11 is 6.32. The van der Waals surface area contributed by atoms with E-state index in [0.717, 1.165) is 43.1 Å². The molecule has 2 heterocycles. The van der Waals surface area contributed by atoms with E-state index in [0.29, 0.717) is 23.3 Å². The molecule has 3 aromatic rings. The number of halogens is 1. The molecule has 10 nitrogen and oxygen atoms in total. The van der Waals surface area contributed by atoms with Crippen molar-refractivity contribution in [2.75, 3.05) is 55.3 Å². The molecular weight excluding hydrogens is 500 g/mol. The molecule has 1 fully saturated rings. The van der Waals surface area contributed by atoms with E-state index in [-0.39, 0.29) is 6.54 Å². The quantitative estimate of drug-likeness (QED) is 0.316. The summed E-state index contributed by atoms with van der Waals surface area (Å²) in [5.74, 6) is 0.882. The third kappa shape index (κ3) is 7.28. The Morgan fingerprint density at radius 2 is 1.56 bits per heavy atom. The third-order valence-electron chi connectivity index (χ3n) is 5.75. The summed E-state index contributed by atoms with van der Waals surface area (Å²) in [7, 11) is -1.35. The molecule has 1 aromatic heterocycles. The average molecular weight is 531 g/mol. The summed E-state index contributed by atoms with van der Waals surface area (Å²) < 4.78 is 28.4. The molecule has 4 rings (SSSR count). The number of anilines is 5. The van der Waals surface area contributed by atoms with Crippen LogP contribution in [0.15, 0.2) is 54.7 Å². The van der Waals surface area contributed by atoms with Crippen molar-refractivity contribution < 1.29 is 8.42 Å². The zero-order valence-electron chi connectivity index (χ0n) is 20.3. The van der Waals surface area contributed by atoms with Crippen molar-refractivity contribution in [1.82, 2.24) is 24.3 Å². The van der Waals surface area contributed by atoms with Gasteiger partial charge in [0.1, 0.15) is 5.02 Å². The van der Waals surface area contributed by atoms with E-state index in [1.165, 1.54) is 5.69 Å². The summed E-state index contributed by atoms with van der Waals surface area (Å²) in [5.41, 5.74) is 3.66. The van der Waals surface area contributed by atoms with Crippen molar-refractivity contribution in [2.45, 2.75) is 13.5 Å². The van der Waals surface area contributed by atoms with Gasteiger partial charge in [-0.2, -0.15) is 18.1 Å². The van der Waals surface area contributed by atoms with E-state index in [1.807, 2.05) is 36.4 Å². The minimum atomic E-state index is -3.50. The number of piperazine rings is 1. The average Bonchev–Trinajstić information content (AvgIpc) is 2.87. The molecule has 0 saturated carbocycles. The number of nitrogens with zero attached hydrogens (tertiary/aromatic N) is 4. The van der Waals surface area contributed by atoms with Gasteiger partial charge in [-0.1, -0.05) is 30.7 Å². The van der Waals surface area contributed by atoms with Gasteiger partial charge in [0.25, 0.3) is 10.2 Å². The van der Waals surface area contributed by atoms with Crippen molar-refractivity contribution >= 4 is 50.6 Å². The Kier molecular flexibility index (Phi) is 8.60. The van der Waals surface area contributed by atoms with Crippen LogP contribution >= 0.6 is 11.6 Å². The van der Waals surface area contributed by atoms with Gasteiger partial charge in [-0.3, -0.25) is 0 Å². The maximum atomic E-state index is 11.7. The second kappa shape index (κ2) is 11.8. The highest BCUT2D eigenvalue weighted by molar-refractivity contribution is 7.87. The first-order valence-corrected chi connectivity index (χ1v) is 13.6. The van der Waals surface area contributed by atoms with E-state index in [2.05, 4.69) is 59.0 Å². The minimum absolute atomic E-state index is 0.186. The fourth-order valence-electron chi connectivity index (χ4n) is 3.73. The van der Waals surface area contributed by atoms with E-state index < -0.39 is 10.2 Å². The predicted octanol–water partition coefficient (Wildman–Crippen LogP) is 3.31. The highest BCUT2D eigenvalue weighted by Gasteiger charge is 2.14. The Hall–Kier alpha value is -2.96. The number of benzene rings is 2. The zero-order chi connectivity index (χ0) is 25.5. The van der Waals surface area contributed by atoms with Gasteiger partial charge in [-0.25, -0.2) is 9.71 Å². The van der Waals surface area contributed by atoms with Gasteiger partial charge in [0.15, 0.2) is 5.82 Å². The molecule has 0 spiro atoms. The van der Waals surface area contributed by atoms with Crippen LogP contribution in [-0.4, -0.2) is 63.1 Å². The Morgan fingerprint density at radius 3 is 2.22 bits per heavy atom. The van der Waals surface area contributed by atoms with Gasteiger partial charge in [0, 0.05) is 56.3 Å². The highest BCUT2D eigenvalue weighted by atomic mass is 35.5. The van der Waals surface area contributed by atoms with Crippen molar-refractivity contribution in [2.24, 2.45) is 0 Å². The van der Waals surface area contributed by atoms with Crippen LogP contribution in [0.25, 0.3) is 0 Å². The van der Waals surface area contributed by atoms with Crippen molar-refractivity contribution in [3.63, 3.8) is 0 Å². The molecule has 4 N–H and O–H groups in total. The van der Waals surface area contributed by atoms with Gasteiger partial charge in [0.05, 0.1) is 6.20 Å². The normalized spacial score (nSPS) is 14.6. The second-order valence-corrected chi connectivity index (χ2v) is 10.5. The van der Waals surface area contributed by atoms with Crippen molar-refractivity contribution in [3.8, 4) is 0 Å². The lowest BCUT2D eigenvalue weighted by Crippen LogP contribution is -2.44. The standard InChI is InChI=1S/C24H31ClN8O2S/c1-3-27-36(34,35)28-16-18-4-6-19(7-5-18)29-23-22(25)17-26-24(31-23)30-20-8-10-21(11-9-20)33-14-12-32(2)13-15-33/h4-11,17,27-28H,3,12-16H2,1-2H3,(H2,26,29,30,31). The third-order valence-corrected chi connectivity index (χ3v) is 7.22. The molecule has 0 aliphatic carbocycles. The molecule has 0 radical (unpaired) electrons. The van der Waals surface area contributed by atoms with Gasteiger partial charge in [-0.15, -0.1) is 0 Å². The summed E-state index contributed by atoms with van der Waals surface area (Å²) in [5, 5.41) is 6.80. The van der Waals surface area contributed by atoms with Gasteiger partial charge in [-0.05, 0) is 49.0 Å². The summed E-state index contributed by atoms with van der Waals surface area (Å²) in [6.45, 7) is 6.40. The largest absolute Gasteiger partial charge is 0.369 e. The predicted molar refractivity (Wildman–Crippen MR) is 146 cm³/mol. The number of likely N-dealkylation sites (N-methyl/N-ethyl adjacent to an activating group) is 1. The number of nitrogens with one attached hydrogen (secondary N) is 4. The molecule has 0 unspecified atom stereocenters. The summed E-state index contributed by atoms with van der Waals surface area (Å²) in [6, 6.07) is 15.5. The van der Waals surface area contributed by atoms with Crippen LogP contribution in [0.2, 0.25) is 5.02 Å². The van der Waals surface area contributed by atoms with Gasteiger partial charge in [0.2, 0.25) is 5.95 Å². The van der Waals surface area contributed by atoms with Crippen LogP contribution in [0.5, 0.6) is 0 Å². The second-order valence-electron chi connectivity index (χ2n) is 8.50. The molecule has 0 atom stereocenters. The Morgan fingerprint density at radius 1 is 0.917 bits per heavy atom. The number of hydrogen-bond donors (Lipinski definition) is 4. The number of rotatable bonds is 10. The molecule has 192 valence electrons. The summed E-state index contributed by atoms with van der Waals surface area (Å²) in [6.07, 6.45) is 1.54. The van der Waals surface area contributed by atoms with Crippen LogP contribution in [0.3, 0.4) is 0 Å². The first-order chi connectivity index (χ1) is 17.3. The van der Waals surface area contributed by atoms with Crippen LogP contribution in [0.1, 0.15) is 12.5 Å². The molecule has 0 amide bonds. The lowest BCUT2D eigenvalue weighted by atomic mass is 10.2. The fraction of sp³-hybridized carbons (Fsp3) is 0.333. The Balaban J connectivity index is 1.37. The molecule has 2 aromatic carbocycles. The SMILES string of the molecule is CCNS(=O)(=O)NCc1ccc(Nc2nc(Nc3ccc(N4CCN(C)CC4)cc3)ncc2Cl)cc1. The minimum Gasteiger partial charge on any atom is -0.369 e. The van der Waals surface area contributed by atoms with Crippen LogP contribution in [0.4, 0.5) is 28.8 Å². The van der Waals surface area contributed by atoms with E-state index in [9.17, 15) is 8.42 Å². The van der Waals surface area contributed by atoms with Crippen LogP contribution < -0.4 is 25.0 Å². The lowest BCUT2D eigenvalue weighted by Gasteiger charge is -2.34. The monoisotopic (exact) mass is 530 g/mol. The molecular formula is C24H31ClN8O2S. The van der Waals surface area contributed by atoms with E-state index in [1.54, 1.807) is 13.1 Å². The number of hydrogen-bond acceptors (Lipinski definition) is 8. The number of aromatic nitrogens is 2. The molecule has 12 heteroatoms. The van der Waals surface area contributed by atoms with Gasteiger partial charge < -0.3 is 20.4 Å². The molecule has 1 aliphatic rings.